The second-order valence-electron chi connectivity index (χ2n) is 4.60. The molecule has 2 aromatic heterocycles. The number of pyridine rings is 1. The summed E-state index contributed by atoms with van der Waals surface area (Å²) in [6.07, 6.45) is 1.85. The molecule has 0 saturated heterocycles. The maximum absolute atomic E-state index is 5.78. The maximum atomic E-state index is 5.78. The Hall–Kier alpha value is -1.04. The zero-order valence-corrected chi connectivity index (χ0v) is 13.9. The van der Waals surface area contributed by atoms with E-state index in [9.17, 15) is 0 Å². The van der Waals surface area contributed by atoms with Gasteiger partial charge in [-0.2, -0.15) is 0 Å². The van der Waals surface area contributed by atoms with Gasteiger partial charge in [0.15, 0.2) is 5.75 Å². The van der Waals surface area contributed by atoms with E-state index in [-0.39, 0.29) is 6.04 Å². The Morgan fingerprint density at radius 2 is 1.89 bits per heavy atom. The lowest BCUT2D eigenvalue weighted by atomic mass is 10.2. The monoisotopic (exact) mass is 370 g/mol. The van der Waals surface area contributed by atoms with Crippen LogP contribution in [0.1, 0.15) is 37.0 Å². The molecule has 2 rings (SSSR count). The first kappa shape index (κ1) is 14.4. The second-order valence-corrected chi connectivity index (χ2v) is 5.76. The molecule has 4 heteroatoms. The Balaban J connectivity index is 2.50. The molecule has 3 nitrogen and oxygen atoms in total. The molecule has 0 radical (unpaired) electrons. The van der Waals surface area contributed by atoms with E-state index in [1.165, 1.54) is 11.4 Å². The number of rotatable bonds is 4. The van der Waals surface area contributed by atoms with Crippen LogP contribution in [0.5, 0.6) is 5.75 Å². The molecule has 102 valence electrons. The van der Waals surface area contributed by atoms with Crippen molar-refractivity contribution in [1.29, 1.82) is 0 Å². The molecule has 0 aliphatic heterocycles. The predicted molar refractivity (Wildman–Crippen MR) is 85.8 cm³/mol. The SMILES string of the molecule is CCOc1c(I)ccnc1C(C)n1c(C)ccc1C. The van der Waals surface area contributed by atoms with Crippen molar-refractivity contribution in [3.63, 3.8) is 0 Å². The molecule has 0 spiro atoms. The van der Waals surface area contributed by atoms with Gasteiger partial charge in [0.05, 0.1) is 16.2 Å². The fourth-order valence-electron chi connectivity index (χ4n) is 2.44. The van der Waals surface area contributed by atoms with Crippen LogP contribution in [0.15, 0.2) is 24.4 Å². The number of aromatic nitrogens is 2. The summed E-state index contributed by atoms with van der Waals surface area (Å²) in [4.78, 5) is 4.55. The van der Waals surface area contributed by atoms with Gasteiger partial charge in [-0.1, -0.05) is 0 Å². The van der Waals surface area contributed by atoms with Crippen LogP contribution in [0, 0.1) is 17.4 Å². The van der Waals surface area contributed by atoms with Gasteiger partial charge in [0.1, 0.15) is 5.69 Å². The van der Waals surface area contributed by atoms with Crippen LogP contribution in [0.25, 0.3) is 0 Å². The Labute approximate surface area is 128 Å². The maximum Gasteiger partial charge on any atom is 0.156 e. The minimum atomic E-state index is 0.172. The van der Waals surface area contributed by atoms with E-state index in [4.69, 9.17) is 4.74 Å². The Morgan fingerprint density at radius 1 is 1.26 bits per heavy atom. The van der Waals surface area contributed by atoms with Crippen LogP contribution < -0.4 is 4.74 Å². The third-order valence-corrected chi connectivity index (χ3v) is 4.13. The van der Waals surface area contributed by atoms with Crippen molar-refractivity contribution in [1.82, 2.24) is 9.55 Å². The summed E-state index contributed by atoms with van der Waals surface area (Å²) in [6, 6.07) is 6.43. The molecule has 0 aliphatic carbocycles. The second kappa shape index (κ2) is 5.94. The molecule has 2 heterocycles. The number of halogens is 1. The smallest absolute Gasteiger partial charge is 0.156 e. The molecule has 0 aromatic carbocycles. The fourth-order valence-corrected chi connectivity index (χ4v) is 3.03. The number of ether oxygens (including phenoxy) is 1. The van der Waals surface area contributed by atoms with Gasteiger partial charge in [-0.25, -0.2) is 0 Å². The Morgan fingerprint density at radius 3 is 2.47 bits per heavy atom. The van der Waals surface area contributed by atoms with Crippen LogP contribution in [0.2, 0.25) is 0 Å². The highest BCUT2D eigenvalue weighted by Gasteiger charge is 2.19. The number of hydrogen-bond acceptors (Lipinski definition) is 2. The largest absolute Gasteiger partial charge is 0.491 e. The lowest BCUT2D eigenvalue weighted by Gasteiger charge is -2.21. The summed E-state index contributed by atoms with van der Waals surface area (Å²) in [7, 11) is 0. The highest BCUT2D eigenvalue weighted by atomic mass is 127. The van der Waals surface area contributed by atoms with E-state index in [0.29, 0.717) is 6.61 Å². The van der Waals surface area contributed by atoms with Crippen molar-refractivity contribution < 1.29 is 4.74 Å². The minimum Gasteiger partial charge on any atom is -0.491 e. The standard InChI is InChI=1S/C15H19IN2O/c1-5-19-15-13(16)8-9-17-14(15)12(4)18-10(2)6-7-11(18)3/h6-9,12H,5H2,1-4H3. The molecule has 0 amide bonds. The molecule has 0 fully saturated rings. The first-order valence-corrected chi connectivity index (χ1v) is 7.55. The summed E-state index contributed by atoms with van der Waals surface area (Å²) >= 11 is 2.30. The predicted octanol–water partition coefficient (Wildman–Crippen LogP) is 4.11. The lowest BCUT2D eigenvalue weighted by molar-refractivity contribution is 0.327. The van der Waals surface area contributed by atoms with Crippen LogP contribution in [-0.2, 0) is 0 Å². The first-order valence-electron chi connectivity index (χ1n) is 6.47. The van der Waals surface area contributed by atoms with E-state index in [2.05, 4.69) is 65.0 Å². The highest BCUT2D eigenvalue weighted by Crippen LogP contribution is 2.32. The summed E-state index contributed by atoms with van der Waals surface area (Å²) in [5.41, 5.74) is 3.48. The van der Waals surface area contributed by atoms with E-state index < -0.39 is 0 Å². The van der Waals surface area contributed by atoms with Crippen LogP contribution in [-0.4, -0.2) is 16.2 Å². The third-order valence-electron chi connectivity index (χ3n) is 3.28. The van der Waals surface area contributed by atoms with Gasteiger partial charge >= 0.3 is 0 Å². The average molecular weight is 370 g/mol. The summed E-state index contributed by atoms with van der Waals surface area (Å²) in [5, 5.41) is 0. The molecular formula is C15H19IN2O. The summed E-state index contributed by atoms with van der Waals surface area (Å²) < 4.78 is 9.19. The Kier molecular flexibility index (Phi) is 4.50. The molecule has 1 unspecified atom stereocenters. The molecular weight excluding hydrogens is 351 g/mol. The lowest BCUT2D eigenvalue weighted by Crippen LogP contribution is -2.14. The van der Waals surface area contributed by atoms with Gasteiger partial charge in [0.2, 0.25) is 0 Å². The highest BCUT2D eigenvalue weighted by molar-refractivity contribution is 14.1. The normalized spacial score (nSPS) is 12.5. The zero-order valence-electron chi connectivity index (χ0n) is 11.8. The first-order chi connectivity index (χ1) is 9.06. The van der Waals surface area contributed by atoms with Gasteiger partial charge in [-0.05, 0) is 68.5 Å². The number of aryl methyl sites for hydroxylation is 2. The molecule has 0 bridgehead atoms. The van der Waals surface area contributed by atoms with Gasteiger partial charge < -0.3 is 9.30 Å². The van der Waals surface area contributed by atoms with Crippen LogP contribution >= 0.6 is 22.6 Å². The topological polar surface area (TPSA) is 27.1 Å². The van der Waals surface area contributed by atoms with Gasteiger partial charge in [-0.15, -0.1) is 0 Å². The van der Waals surface area contributed by atoms with E-state index in [0.717, 1.165) is 15.0 Å². The molecule has 2 aromatic rings. The number of hydrogen-bond donors (Lipinski definition) is 0. The molecule has 19 heavy (non-hydrogen) atoms. The van der Waals surface area contributed by atoms with Crippen LogP contribution in [0.4, 0.5) is 0 Å². The van der Waals surface area contributed by atoms with Gasteiger partial charge in [0, 0.05) is 17.6 Å². The number of nitrogens with zero attached hydrogens (tertiary/aromatic N) is 2. The minimum absolute atomic E-state index is 0.172. The van der Waals surface area contributed by atoms with Crippen molar-refractivity contribution in [2.24, 2.45) is 0 Å². The van der Waals surface area contributed by atoms with Crippen molar-refractivity contribution >= 4 is 22.6 Å². The summed E-state index contributed by atoms with van der Waals surface area (Å²) in [5.74, 6) is 0.908. The average Bonchev–Trinajstić information content (AvgIpc) is 2.71. The fraction of sp³-hybridized carbons (Fsp3) is 0.400. The molecule has 0 N–H and O–H groups in total. The summed E-state index contributed by atoms with van der Waals surface area (Å²) in [6.45, 7) is 9.07. The molecule has 0 aliphatic rings. The van der Waals surface area contributed by atoms with E-state index >= 15 is 0 Å². The van der Waals surface area contributed by atoms with Crippen LogP contribution in [0.3, 0.4) is 0 Å². The molecule has 0 saturated carbocycles. The van der Waals surface area contributed by atoms with Crippen molar-refractivity contribution in [2.45, 2.75) is 33.7 Å². The van der Waals surface area contributed by atoms with E-state index in [1.54, 1.807) is 0 Å². The van der Waals surface area contributed by atoms with Gasteiger partial charge in [0.25, 0.3) is 0 Å². The van der Waals surface area contributed by atoms with Crippen molar-refractivity contribution in [3.8, 4) is 5.75 Å². The quantitative estimate of drug-likeness (QED) is 0.758. The van der Waals surface area contributed by atoms with Gasteiger partial charge in [-0.3, -0.25) is 4.98 Å². The van der Waals surface area contributed by atoms with E-state index in [1.807, 2.05) is 19.2 Å². The Bertz CT molecular complexity index is 558. The van der Waals surface area contributed by atoms with Crippen molar-refractivity contribution in [3.05, 3.63) is 45.0 Å². The third kappa shape index (κ3) is 2.78. The zero-order chi connectivity index (χ0) is 14.0. The molecule has 1 atom stereocenters. The van der Waals surface area contributed by atoms with Crippen molar-refractivity contribution in [2.75, 3.05) is 6.61 Å².